The summed E-state index contributed by atoms with van der Waals surface area (Å²) in [6, 6.07) is 8.25. The summed E-state index contributed by atoms with van der Waals surface area (Å²) in [4.78, 5) is 13.0. The second kappa shape index (κ2) is 7.09. The van der Waals surface area contributed by atoms with Crippen LogP contribution < -0.4 is 10.6 Å². The lowest BCUT2D eigenvalue weighted by Crippen LogP contribution is -2.41. The summed E-state index contributed by atoms with van der Waals surface area (Å²) in [5.74, 6) is 0.294. The van der Waals surface area contributed by atoms with Crippen LogP contribution >= 0.6 is 28.3 Å². The molecule has 1 aromatic heterocycles. The van der Waals surface area contributed by atoms with Crippen molar-refractivity contribution in [3.63, 3.8) is 0 Å². The van der Waals surface area contributed by atoms with Crippen molar-refractivity contribution in [3.8, 4) is 0 Å². The van der Waals surface area contributed by atoms with Gasteiger partial charge in [-0.2, -0.15) is 5.10 Å². The van der Waals surface area contributed by atoms with Crippen molar-refractivity contribution in [1.82, 2.24) is 20.4 Å². The van der Waals surface area contributed by atoms with Gasteiger partial charge in [0.15, 0.2) is 0 Å². The molecule has 0 spiro atoms. The zero-order valence-corrected chi connectivity index (χ0v) is 16.4. The van der Waals surface area contributed by atoms with Crippen LogP contribution in [0.4, 0.5) is 0 Å². The minimum absolute atomic E-state index is 0. The molecular weight excluding hydrogens is 404 g/mol. The van der Waals surface area contributed by atoms with Crippen LogP contribution in [0.25, 0.3) is 0 Å². The lowest BCUT2D eigenvalue weighted by atomic mass is 9.89. The predicted molar refractivity (Wildman–Crippen MR) is 103 cm³/mol. The van der Waals surface area contributed by atoms with E-state index in [-0.39, 0.29) is 35.7 Å². The average Bonchev–Trinajstić information content (AvgIpc) is 2.97. The van der Waals surface area contributed by atoms with Gasteiger partial charge in [0.05, 0.1) is 17.7 Å². The molecule has 2 fully saturated rings. The molecule has 2 heterocycles. The maximum absolute atomic E-state index is 13.0. The Hall–Kier alpha value is -1.37. The van der Waals surface area contributed by atoms with Crippen LogP contribution in [0.2, 0.25) is 0 Å². The van der Waals surface area contributed by atoms with Crippen LogP contribution in [0.1, 0.15) is 29.9 Å². The van der Waals surface area contributed by atoms with Gasteiger partial charge >= 0.3 is 0 Å². The van der Waals surface area contributed by atoms with Crippen LogP contribution in [0.5, 0.6) is 0 Å². The Balaban J connectivity index is 0.00000182. The molecule has 0 radical (unpaired) electrons. The number of amides is 1. The molecule has 2 aliphatic rings. The number of nitrogens with one attached hydrogen (secondary N) is 2. The predicted octanol–water partition coefficient (Wildman–Crippen LogP) is 2.71. The fraction of sp³-hybridized carbons (Fsp3) is 0.444. The van der Waals surface area contributed by atoms with Crippen LogP contribution in [-0.2, 0) is 17.4 Å². The SMILES string of the molecule is Cl.Cn1cc([C@H]2CNC[C@@H]2C(=O)NC2(c3cccc(Br)c3)CC2)cn1. The molecule has 4 rings (SSSR count). The van der Waals surface area contributed by atoms with Gasteiger partial charge < -0.3 is 10.6 Å². The molecule has 0 unspecified atom stereocenters. The fourth-order valence-electron chi connectivity index (χ4n) is 3.66. The second-order valence-electron chi connectivity index (χ2n) is 6.90. The van der Waals surface area contributed by atoms with E-state index in [1.54, 1.807) is 4.68 Å². The third-order valence-electron chi connectivity index (χ3n) is 5.19. The number of hydrogen-bond acceptors (Lipinski definition) is 3. The van der Waals surface area contributed by atoms with Gasteiger partial charge in [-0.15, -0.1) is 12.4 Å². The van der Waals surface area contributed by atoms with Gasteiger partial charge in [-0.25, -0.2) is 0 Å². The van der Waals surface area contributed by atoms with E-state index in [0.29, 0.717) is 0 Å². The Bertz CT molecular complexity index is 774. The van der Waals surface area contributed by atoms with E-state index in [9.17, 15) is 4.79 Å². The van der Waals surface area contributed by atoms with Gasteiger partial charge in [0.1, 0.15) is 0 Å². The van der Waals surface area contributed by atoms with Crippen LogP contribution in [0.3, 0.4) is 0 Å². The molecule has 1 aliphatic carbocycles. The van der Waals surface area contributed by atoms with Gasteiger partial charge in [-0.05, 0) is 36.1 Å². The average molecular weight is 426 g/mol. The molecule has 1 saturated carbocycles. The zero-order chi connectivity index (χ0) is 16.7. The third kappa shape index (κ3) is 3.61. The molecule has 25 heavy (non-hydrogen) atoms. The van der Waals surface area contributed by atoms with Crippen LogP contribution in [0, 0.1) is 5.92 Å². The Morgan fingerprint density at radius 3 is 2.84 bits per heavy atom. The number of halogens is 2. The van der Waals surface area contributed by atoms with Gasteiger partial charge in [0.25, 0.3) is 0 Å². The van der Waals surface area contributed by atoms with Crippen molar-refractivity contribution < 1.29 is 4.79 Å². The summed E-state index contributed by atoms with van der Waals surface area (Å²) in [6.45, 7) is 1.55. The molecule has 0 bridgehead atoms. The maximum atomic E-state index is 13.0. The fourth-order valence-corrected chi connectivity index (χ4v) is 4.06. The topological polar surface area (TPSA) is 59.0 Å². The molecule has 2 N–H and O–H groups in total. The van der Waals surface area contributed by atoms with E-state index >= 15 is 0 Å². The molecule has 2 atom stereocenters. The number of nitrogens with zero attached hydrogens (tertiary/aromatic N) is 2. The molecule has 1 aliphatic heterocycles. The van der Waals surface area contributed by atoms with Gasteiger partial charge in [0.2, 0.25) is 5.91 Å². The van der Waals surface area contributed by atoms with Crippen LogP contribution in [0.15, 0.2) is 41.1 Å². The summed E-state index contributed by atoms with van der Waals surface area (Å²) >= 11 is 3.53. The highest BCUT2D eigenvalue weighted by molar-refractivity contribution is 9.10. The van der Waals surface area contributed by atoms with E-state index in [2.05, 4.69) is 43.8 Å². The first kappa shape index (κ1) is 18.4. The van der Waals surface area contributed by atoms with Crippen molar-refractivity contribution in [1.29, 1.82) is 0 Å². The Morgan fingerprint density at radius 1 is 1.40 bits per heavy atom. The molecule has 2 aromatic rings. The highest BCUT2D eigenvalue weighted by Gasteiger charge is 2.47. The number of rotatable bonds is 4. The number of carbonyl (C=O) groups excluding carboxylic acids is 1. The monoisotopic (exact) mass is 424 g/mol. The van der Waals surface area contributed by atoms with E-state index in [1.165, 1.54) is 5.56 Å². The molecule has 1 aromatic carbocycles. The van der Waals surface area contributed by atoms with Crippen molar-refractivity contribution in [2.75, 3.05) is 13.1 Å². The molecule has 1 saturated heterocycles. The van der Waals surface area contributed by atoms with Gasteiger partial charge in [0, 0.05) is 36.7 Å². The Labute approximate surface area is 162 Å². The first-order valence-corrected chi connectivity index (χ1v) is 9.14. The van der Waals surface area contributed by atoms with E-state index in [4.69, 9.17) is 0 Å². The van der Waals surface area contributed by atoms with E-state index in [0.717, 1.165) is 36.0 Å². The smallest absolute Gasteiger partial charge is 0.225 e. The zero-order valence-electron chi connectivity index (χ0n) is 14.0. The van der Waals surface area contributed by atoms with E-state index in [1.807, 2.05) is 31.6 Å². The Morgan fingerprint density at radius 2 is 2.20 bits per heavy atom. The molecule has 1 amide bonds. The van der Waals surface area contributed by atoms with Crippen molar-refractivity contribution >= 4 is 34.2 Å². The molecule has 134 valence electrons. The highest BCUT2D eigenvalue weighted by Crippen LogP contribution is 2.46. The lowest BCUT2D eigenvalue weighted by Gasteiger charge is -2.23. The third-order valence-corrected chi connectivity index (χ3v) is 5.69. The molecular formula is C18H22BrClN4O. The lowest BCUT2D eigenvalue weighted by molar-refractivity contribution is -0.125. The van der Waals surface area contributed by atoms with E-state index < -0.39 is 0 Å². The largest absolute Gasteiger partial charge is 0.346 e. The van der Waals surface area contributed by atoms with Crippen molar-refractivity contribution in [3.05, 3.63) is 52.3 Å². The minimum atomic E-state index is -0.178. The van der Waals surface area contributed by atoms with Crippen molar-refractivity contribution in [2.24, 2.45) is 13.0 Å². The van der Waals surface area contributed by atoms with Crippen LogP contribution in [-0.4, -0.2) is 28.8 Å². The Kier molecular flexibility index (Phi) is 5.23. The quantitative estimate of drug-likeness (QED) is 0.792. The number of benzene rings is 1. The summed E-state index contributed by atoms with van der Waals surface area (Å²) in [5.41, 5.74) is 2.15. The number of carbonyl (C=O) groups is 1. The van der Waals surface area contributed by atoms with Gasteiger partial charge in [-0.1, -0.05) is 28.1 Å². The summed E-state index contributed by atoms with van der Waals surface area (Å²) in [7, 11) is 1.91. The minimum Gasteiger partial charge on any atom is -0.346 e. The standard InChI is InChI=1S/C18H21BrN4O.ClH/c1-23-11-12(8-21-23)15-9-20-10-16(15)17(24)22-18(5-6-18)13-3-2-4-14(19)7-13;/h2-4,7-8,11,15-16,20H,5-6,9-10H2,1H3,(H,22,24);1H/t15-,16+;/m1./s1. The second-order valence-corrected chi connectivity index (χ2v) is 7.82. The molecule has 7 heteroatoms. The maximum Gasteiger partial charge on any atom is 0.225 e. The van der Waals surface area contributed by atoms with Crippen molar-refractivity contribution in [2.45, 2.75) is 24.3 Å². The molecule has 5 nitrogen and oxygen atoms in total. The number of aryl methyl sites for hydroxylation is 1. The summed E-state index contributed by atoms with van der Waals surface area (Å²) < 4.78 is 2.85. The summed E-state index contributed by atoms with van der Waals surface area (Å²) in [5, 5.41) is 10.9. The van der Waals surface area contributed by atoms with Gasteiger partial charge in [-0.3, -0.25) is 9.48 Å². The number of aromatic nitrogens is 2. The number of hydrogen-bond donors (Lipinski definition) is 2. The normalized spacial score (nSPS) is 23.8. The summed E-state index contributed by atoms with van der Waals surface area (Å²) in [6.07, 6.45) is 5.90. The first-order chi connectivity index (χ1) is 11.6. The first-order valence-electron chi connectivity index (χ1n) is 8.35. The highest BCUT2D eigenvalue weighted by atomic mass is 79.9.